The van der Waals surface area contributed by atoms with E-state index in [9.17, 15) is 12.8 Å². The minimum absolute atomic E-state index is 0.0345. The van der Waals surface area contributed by atoms with Crippen molar-refractivity contribution in [1.29, 1.82) is 0 Å². The molecule has 23 heavy (non-hydrogen) atoms. The zero-order chi connectivity index (χ0) is 17.1. The maximum absolute atomic E-state index is 13.6. The minimum Gasteiger partial charge on any atom is -0.300 e. The highest BCUT2D eigenvalue weighted by molar-refractivity contribution is 7.89. The highest BCUT2D eigenvalue weighted by atomic mass is 32.2. The molecule has 130 valence electrons. The van der Waals surface area contributed by atoms with E-state index < -0.39 is 10.0 Å². The van der Waals surface area contributed by atoms with Gasteiger partial charge in [-0.05, 0) is 23.5 Å². The van der Waals surface area contributed by atoms with Crippen LogP contribution in [0.25, 0.3) is 0 Å². The molecule has 0 aliphatic carbocycles. The van der Waals surface area contributed by atoms with Gasteiger partial charge in [0.2, 0.25) is 10.0 Å². The molecule has 1 aliphatic rings. The summed E-state index contributed by atoms with van der Waals surface area (Å²) in [7, 11) is -3.33. The standard InChI is InChI=1S/C17H27FN2O2S/c1-17(2,3)14-19-9-11-20(12-10-19)23(21,22)13-8-15-6-4-5-7-16(15)18/h4-7H,8-14H2,1-3H3. The molecule has 1 heterocycles. The number of hydrogen-bond acceptors (Lipinski definition) is 3. The summed E-state index contributed by atoms with van der Waals surface area (Å²) >= 11 is 0. The van der Waals surface area contributed by atoms with Gasteiger partial charge in [-0.25, -0.2) is 12.8 Å². The first-order chi connectivity index (χ1) is 10.7. The Hall–Kier alpha value is -0.980. The molecule has 6 heteroatoms. The van der Waals surface area contributed by atoms with Gasteiger partial charge in [-0.1, -0.05) is 39.0 Å². The molecule has 4 nitrogen and oxygen atoms in total. The fourth-order valence-electron chi connectivity index (χ4n) is 2.91. The van der Waals surface area contributed by atoms with E-state index in [-0.39, 0.29) is 23.4 Å². The minimum atomic E-state index is -3.33. The van der Waals surface area contributed by atoms with Crippen LogP contribution in [0.1, 0.15) is 26.3 Å². The number of hydrogen-bond donors (Lipinski definition) is 0. The molecule has 0 saturated carbocycles. The number of sulfonamides is 1. The number of rotatable bonds is 5. The fraction of sp³-hybridized carbons (Fsp3) is 0.647. The normalized spacial score (nSPS) is 18.3. The molecule has 2 rings (SSSR count). The van der Waals surface area contributed by atoms with Crippen LogP contribution in [0, 0.1) is 11.2 Å². The van der Waals surface area contributed by atoms with Gasteiger partial charge in [0, 0.05) is 32.7 Å². The second-order valence-corrected chi connectivity index (χ2v) is 9.48. The number of piperazine rings is 1. The lowest BCUT2D eigenvalue weighted by molar-refractivity contribution is 0.141. The summed E-state index contributed by atoms with van der Waals surface area (Å²) in [5.74, 6) is -0.370. The van der Waals surface area contributed by atoms with Crippen LogP contribution in [0.5, 0.6) is 0 Å². The predicted molar refractivity (Wildman–Crippen MR) is 91.4 cm³/mol. The van der Waals surface area contributed by atoms with E-state index in [1.165, 1.54) is 6.07 Å². The monoisotopic (exact) mass is 342 g/mol. The second kappa shape index (κ2) is 7.28. The second-order valence-electron chi connectivity index (χ2n) is 7.39. The van der Waals surface area contributed by atoms with Crippen molar-refractivity contribution >= 4 is 10.0 Å². The molecule has 0 atom stereocenters. The molecule has 1 saturated heterocycles. The third kappa shape index (κ3) is 5.55. The summed E-state index contributed by atoms with van der Waals surface area (Å²) in [5.41, 5.74) is 0.675. The first kappa shape index (κ1) is 18.4. The van der Waals surface area contributed by atoms with E-state index in [1.54, 1.807) is 22.5 Å². The zero-order valence-electron chi connectivity index (χ0n) is 14.3. The molecule has 0 radical (unpaired) electrons. The fourth-order valence-corrected chi connectivity index (χ4v) is 4.36. The summed E-state index contributed by atoms with van der Waals surface area (Å²) in [6, 6.07) is 6.36. The van der Waals surface area contributed by atoms with E-state index in [2.05, 4.69) is 25.7 Å². The predicted octanol–water partition coefficient (Wildman–Crippen LogP) is 2.36. The molecule has 1 aromatic carbocycles. The van der Waals surface area contributed by atoms with Gasteiger partial charge in [-0.3, -0.25) is 0 Å². The van der Waals surface area contributed by atoms with Crippen molar-refractivity contribution in [3.8, 4) is 0 Å². The molecule has 0 aromatic heterocycles. The number of benzene rings is 1. The quantitative estimate of drug-likeness (QED) is 0.825. The first-order valence-electron chi connectivity index (χ1n) is 8.11. The van der Waals surface area contributed by atoms with E-state index in [0.29, 0.717) is 18.7 Å². The van der Waals surface area contributed by atoms with Crippen molar-refractivity contribution in [2.24, 2.45) is 5.41 Å². The van der Waals surface area contributed by atoms with Crippen molar-refractivity contribution in [1.82, 2.24) is 9.21 Å². The molecular weight excluding hydrogens is 315 g/mol. The maximum Gasteiger partial charge on any atom is 0.214 e. The van der Waals surface area contributed by atoms with Gasteiger partial charge in [-0.15, -0.1) is 0 Å². The Kier molecular flexibility index (Phi) is 5.81. The molecular formula is C17H27FN2O2S. The van der Waals surface area contributed by atoms with Crippen LogP contribution in [-0.4, -0.2) is 56.1 Å². The van der Waals surface area contributed by atoms with E-state index in [4.69, 9.17) is 0 Å². The maximum atomic E-state index is 13.6. The number of aryl methyl sites for hydroxylation is 1. The van der Waals surface area contributed by atoms with Crippen LogP contribution in [-0.2, 0) is 16.4 Å². The third-order valence-corrected chi connectivity index (χ3v) is 5.88. The average Bonchev–Trinajstić information content (AvgIpc) is 2.45. The third-order valence-electron chi connectivity index (χ3n) is 4.01. The van der Waals surface area contributed by atoms with E-state index in [1.807, 2.05) is 0 Å². The lowest BCUT2D eigenvalue weighted by atomic mass is 9.96. The van der Waals surface area contributed by atoms with E-state index >= 15 is 0 Å². The van der Waals surface area contributed by atoms with Crippen molar-refractivity contribution < 1.29 is 12.8 Å². The number of halogens is 1. The highest BCUT2D eigenvalue weighted by Crippen LogP contribution is 2.18. The van der Waals surface area contributed by atoms with Crippen LogP contribution in [0.3, 0.4) is 0 Å². The number of nitrogens with zero attached hydrogens (tertiary/aromatic N) is 2. The lowest BCUT2D eigenvalue weighted by Gasteiger charge is -2.37. The SMILES string of the molecule is CC(C)(C)CN1CCN(S(=O)(=O)CCc2ccccc2F)CC1. The van der Waals surface area contributed by atoms with Gasteiger partial charge in [0.05, 0.1) is 5.75 Å². The smallest absolute Gasteiger partial charge is 0.214 e. The zero-order valence-corrected chi connectivity index (χ0v) is 15.1. The van der Waals surface area contributed by atoms with E-state index in [0.717, 1.165) is 19.6 Å². The van der Waals surface area contributed by atoms with Crippen molar-refractivity contribution in [2.75, 3.05) is 38.5 Å². The Bertz CT molecular complexity index is 618. The molecule has 0 bridgehead atoms. The lowest BCUT2D eigenvalue weighted by Crippen LogP contribution is -2.51. The summed E-state index contributed by atoms with van der Waals surface area (Å²) in [5, 5.41) is 0. The summed E-state index contributed by atoms with van der Waals surface area (Å²) < 4.78 is 40.0. The molecule has 0 N–H and O–H groups in total. The van der Waals surface area contributed by atoms with Crippen LogP contribution in [0.4, 0.5) is 4.39 Å². The van der Waals surface area contributed by atoms with Gasteiger partial charge >= 0.3 is 0 Å². The molecule has 1 aromatic rings. The Morgan fingerprint density at radius 1 is 1.09 bits per heavy atom. The van der Waals surface area contributed by atoms with Crippen molar-refractivity contribution in [3.63, 3.8) is 0 Å². The van der Waals surface area contributed by atoms with Gasteiger partial charge < -0.3 is 4.90 Å². The summed E-state index contributed by atoms with van der Waals surface area (Å²) in [6.07, 6.45) is 0.219. The first-order valence-corrected chi connectivity index (χ1v) is 9.72. The topological polar surface area (TPSA) is 40.6 Å². The highest BCUT2D eigenvalue weighted by Gasteiger charge is 2.28. The molecule has 1 aliphatic heterocycles. The van der Waals surface area contributed by atoms with Gasteiger partial charge in [0.25, 0.3) is 0 Å². The molecule has 1 fully saturated rings. The van der Waals surface area contributed by atoms with Gasteiger partial charge in [0.15, 0.2) is 0 Å². The molecule has 0 spiro atoms. The van der Waals surface area contributed by atoms with Crippen LogP contribution in [0.2, 0.25) is 0 Å². The van der Waals surface area contributed by atoms with Crippen molar-refractivity contribution in [3.05, 3.63) is 35.6 Å². The Morgan fingerprint density at radius 2 is 1.70 bits per heavy atom. The summed E-state index contributed by atoms with van der Waals surface area (Å²) in [6.45, 7) is 10.1. The van der Waals surface area contributed by atoms with Crippen LogP contribution >= 0.6 is 0 Å². The van der Waals surface area contributed by atoms with Crippen molar-refractivity contribution in [2.45, 2.75) is 27.2 Å². The van der Waals surface area contributed by atoms with Crippen LogP contribution < -0.4 is 0 Å². The Morgan fingerprint density at radius 3 is 2.26 bits per heavy atom. The van der Waals surface area contributed by atoms with Gasteiger partial charge in [-0.2, -0.15) is 4.31 Å². The largest absolute Gasteiger partial charge is 0.300 e. The summed E-state index contributed by atoms with van der Waals surface area (Å²) in [4.78, 5) is 2.31. The Balaban J connectivity index is 1.88. The molecule has 0 amide bonds. The Labute approximate surface area is 139 Å². The molecule has 0 unspecified atom stereocenters. The van der Waals surface area contributed by atoms with Crippen LogP contribution in [0.15, 0.2) is 24.3 Å². The average molecular weight is 342 g/mol. The van der Waals surface area contributed by atoms with Gasteiger partial charge in [0.1, 0.15) is 5.82 Å².